The van der Waals surface area contributed by atoms with E-state index in [9.17, 15) is 40.0 Å². The fourth-order valence-corrected chi connectivity index (χ4v) is 7.11. The Labute approximate surface area is 247 Å². The molecule has 43 heavy (non-hydrogen) atoms. The number of aryl methyl sites for hydroxylation is 1. The number of nitrogens with one attached hydrogen (secondary N) is 1. The van der Waals surface area contributed by atoms with Crippen LogP contribution in [0, 0.1) is 0 Å². The zero-order valence-corrected chi connectivity index (χ0v) is 24.9. The molecular weight excluding hydrogens is 595 g/mol. The predicted molar refractivity (Wildman–Crippen MR) is 148 cm³/mol. The molecule has 0 spiro atoms. The second-order valence-electron chi connectivity index (χ2n) is 12.0. The molecule has 3 N–H and O–H groups in total. The molecule has 0 saturated carbocycles. The summed E-state index contributed by atoms with van der Waals surface area (Å²) in [5.74, 6) is -6.75. The first-order valence-electron chi connectivity index (χ1n) is 13.9. The Morgan fingerprint density at radius 3 is 2.26 bits per heavy atom. The van der Waals surface area contributed by atoms with E-state index in [0.29, 0.717) is 37.2 Å². The summed E-state index contributed by atoms with van der Waals surface area (Å²) in [6.07, 6.45) is -4.27. The first-order chi connectivity index (χ1) is 19.8. The van der Waals surface area contributed by atoms with Crippen LogP contribution >= 0.6 is 0 Å². The molecule has 2 aromatic carbocycles. The lowest BCUT2D eigenvalue weighted by Gasteiger charge is -2.44. The van der Waals surface area contributed by atoms with Crippen molar-refractivity contribution in [1.29, 1.82) is 0 Å². The first-order valence-corrected chi connectivity index (χ1v) is 15.3. The molecule has 1 aliphatic carbocycles. The zero-order chi connectivity index (χ0) is 32.0. The maximum atomic E-state index is 13.8. The van der Waals surface area contributed by atoms with Gasteiger partial charge in [0.2, 0.25) is 21.8 Å². The topological polar surface area (TPSA) is 113 Å². The molecule has 2 atom stereocenters. The summed E-state index contributed by atoms with van der Waals surface area (Å²) in [6.45, 7) is 6.61. The van der Waals surface area contributed by atoms with Gasteiger partial charge in [-0.3, -0.25) is 9.59 Å². The molecule has 1 saturated heterocycles. The quantitative estimate of drug-likeness (QED) is 0.421. The Bertz CT molecular complexity index is 1470. The standard InChI is InChI=1S/C29H35F5N4O4S/c1-27(2,3)36-17-18-7-12-22-19(15-18)5-4-6-23(22)37-13-14-38(24(26(37)40)16-25(35)39)43(41,42)21-10-8-20(9-11-21)28(30,31)29(32,33)34/h7-12,15,23-24,36H,4-6,13-14,16-17H2,1-3H3,(H2,35,39)/t23-,24?/m1/s1. The molecule has 4 rings (SSSR count). The van der Waals surface area contributed by atoms with Crippen molar-refractivity contribution in [2.75, 3.05) is 13.1 Å². The summed E-state index contributed by atoms with van der Waals surface area (Å²) in [5, 5.41) is 3.44. The molecule has 8 nitrogen and oxygen atoms in total. The third-order valence-corrected chi connectivity index (χ3v) is 9.66. The smallest absolute Gasteiger partial charge is 0.370 e. The number of benzene rings is 2. The number of primary amides is 1. The summed E-state index contributed by atoms with van der Waals surface area (Å²) in [4.78, 5) is 26.7. The van der Waals surface area contributed by atoms with Crippen molar-refractivity contribution < 1.29 is 40.0 Å². The van der Waals surface area contributed by atoms with Gasteiger partial charge in [-0.25, -0.2) is 8.42 Å². The molecular formula is C29H35F5N4O4S. The number of rotatable bonds is 8. The van der Waals surface area contributed by atoms with Gasteiger partial charge in [0.05, 0.1) is 17.4 Å². The molecule has 2 aromatic rings. The van der Waals surface area contributed by atoms with Crippen molar-refractivity contribution in [3.63, 3.8) is 0 Å². The van der Waals surface area contributed by atoms with Gasteiger partial charge in [-0.1, -0.05) is 30.3 Å². The van der Waals surface area contributed by atoms with Crippen molar-refractivity contribution in [1.82, 2.24) is 14.5 Å². The Balaban J connectivity index is 1.60. The van der Waals surface area contributed by atoms with Gasteiger partial charge in [-0.05, 0) is 68.9 Å². The number of carbonyl (C=O) groups excluding carboxylic acids is 2. The van der Waals surface area contributed by atoms with E-state index in [4.69, 9.17) is 5.73 Å². The third-order valence-electron chi connectivity index (χ3n) is 7.74. The largest absolute Gasteiger partial charge is 0.458 e. The maximum absolute atomic E-state index is 13.8. The Morgan fingerprint density at radius 1 is 1.02 bits per heavy atom. The molecule has 1 fully saturated rings. The second-order valence-corrected chi connectivity index (χ2v) is 13.9. The summed E-state index contributed by atoms with van der Waals surface area (Å²) >= 11 is 0. The van der Waals surface area contributed by atoms with Crippen molar-refractivity contribution in [2.24, 2.45) is 5.73 Å². The lowest BCUT2D eigenvalue weighted by atomic mass is 9.85. The number of sulfonamides is 1. The van der Waals surface area contributed by atoms with Gasteiger partial charge in [0, 0.05) is 30.7 Å². The molecule has 1 heterocycles. The van der Waals surface area contributed by atoms with E-state index >= 15 is 0 Å². The lowest BCUT2D eigenvalue weighted by molar-refractivity contribution is -0.289. The Morgan fingerprint density at radius 2 is 1.67 bits per heavy atom. The van der Waals surface area contributed by atoms with Gasteiger partial charge < -0.3 is 16.0 Å². The molecule has 0 bridgehead atoms. The fraction of sp³-hybridized carbons (Fsp3) is 0.517. The van der Waals surface area contributed by atoms with Crippen LogP contribution in [0.4, 0.5) is 22.0 Å². The summed E-state index contributed by atoms with van der Waals surface area (Å²) in [5.41, 5.74) is 6.99. The fourth-order valence-electron chi connectivity index (χ4n) is 5.54. The second kappa shape index (κ2) is 11.8. The van der Waals surface area contributed by atoms with Gasteiger partial charge in [0.15, 0.2) is 0 Å². The molecule has 0 aromatic heterocycles. The highest BCUT2D eigenvalue weighted by Crippen LogP contribution is 2.44. The van der Waals surface area contributed by atoms with Crippen molar-refractivity contribution >= 4 is 21.8 Å². The van der Waals surface area contributed by atoms with Gasteiger partial charge in [0.1, 0.15) is 6.04 Å². The Kier molecular flexibility index (Phi) is 8.98. The van der Waals surface area contributed by atoms with E-state index in [1.165, 1.54) is 0 Å². The third kappa shape index (κ3) is 6.86. The van der Waals surface area contributed by atoms with Crippen LogP contribution in [0.1, 0.15) is 68.3 Å². The average Bonchev–Trinajstić information content (AvgIpc) is 2.91. The van der Waals surface area contributed by atoms with Crippen molar-refractivity contribution in [3.05, 3.63) is 64.7 Å². The predicted octanol–water partition coefficient (Wildman–Crippen LogP) is 4.38. The van der Waals surface area contributed by atoms with Crippen LogP contribution < -0.4 is 11.1 Å². The van der Waals surface area contributed by atoms with Crippen molar-refractivity contribution in [3.8, 4) is 0 Å². The summed E-state index contributed by atoms with van der Waals surface area (Å²) < 4.78 is 93.6. The number of hydrogen-bond acceptors (Lipinski definition) is 5. The number of amides is 2. The number of nitrogens with two attached hydrogens (primary N) is 1. The molecule has 2 amide bonds. The highest BCUT2D eigenvalue weighted by molar-refractivity contribution is 7.89. The maximum Gasteiger partial charge on any atom is 0.458 e. The van der Waals surface area contributed by atoms with Crippen LogP contribution in [-0.2, 0) is 38.5 Å². The van der Waals surface area contributed by atoms with Gasteiger partial charge in [-0.2, -0.15) is 26.3 Å². The number of hydrogen-bond donors (Lipinski definition) is 2. The summed E-state index contributed by atoms with van der Waals surface area (Å²) in [6, 6.07) is 6.20. The van der Waals surface area contributed by atoms with Crippen LogP contribution in [0.3, 0.4) is 0 Å². The van der Waals surface area contributed by atoms with E-state index in [0.717, 1.165) is 33.8 Å². The van der Waals surface area contributed by atoms with Gasteiger partial charge >= 0.3 is 12.1 Å². The highest BCUT2D eigenvalue weighted by Gasteiger charge is 2.58. The number of alkyl halides is 5. The minimum absolute atomic E-state index is 0.0189. The highest BCUT2D eigenvalue weighted by atomic mass is 32.2. The average molecular weight is 631 g/mol. The molecule has 1 aliphatic heterocycles. The van der Waals surface area contributed by atoms with Crippen molar-refractivity contribution in [2.45, 2.75) is 87.6 Å². The molecule has 0 radical (unpaired) electrons. The van der Waals surface area contributed by atoms with Crippen LogP contribution in [-0.4, -0.2) is 60.3 Å². The number of halogens is 5. The number of nitrogens with zero attached hydrogens (tertiary/aromatic N) is 2. The Hall–Kier alpha value is -3.10. The van der Waals surface area contributed by atoms with Crippen LogP contribution in [0.25, 0.3) is 0 Å². The summed E-state index contributed by atoms with van der Waals surface area (Å²) in [7, 11) is -4.58. The molecule has 236 valence electrons. The minimum Gasteiger partial charge on any atom is -0.370 e. The SMILES string of the molecule is CC(C)(C)NCc1ccc2c(c1)CCC[C@H]2N1CCN(S(=O)(=O)c2ccc(C(F)(F)C(F)(F)F)cc2)C(CC(N)=O)C1=O. The minimum atomic E-state index is -5.87. The molecule has 14 heteroatoms. The number of carbonyl (C=O) groups is 2. The van der Waals surface area contributed by atoms with E-state index in [1.54, 1.807) is 4.90 Å². The van der Waals surface area contributed by atoms with E-state index in [1.807, 2.05) is 12.1 Å². The van der Waals surface area contributed by atoms with Gasteiger partial charge in [-0.15, -0.1) is 0 Å². The number of fused-ring (bicyclic) bond motifs is 1. The van der Waals surface area contributed by atoms with E-state index < -0.39 is 56.9 Å². The molecule has 1 unspecified atom stereocenters. The van der Waals surface area contributed by atoms with Crippen LogP contribution in [0.15, 0.2) is 47.4 Å². The monoisotopic (exact) mass is 630 g/mol. The van der Waals surface area contributed by atoms with E-state index in [2.05, 4.69) is 32.2 Å². The van der Waals surface area contributed by atoms with E-state index in [-0.39, 0.29) is 24.7 Å². The lowest BCUT2D eigenvalue weighted by Crippen LogP contribution is -2.60. The van der Waals surface area contributed by atoms with Crippen LogP contribution in [0.5, 0.6) is 0 Å². The van der Waals surface area contributed by atoms with Gasteiger partial charge in [0.25, 0.3) is 0 Å². The first kappa shape index (κ1) is 32.8. The zero-order valence-electron chi connectivity index (χ0n) is 24.0. The normalized spacial score (nSPS) is 20.7. The van der Waals surface area contributed by atoms with Crippen LogP contribution in [0.2, 0.25) is 0 Å². The number of piperazine rings is 1. The molecule has 2 aliphatic rings.